The average Bonchev–Trinajstić information content (AvgIpc) is 2.55. The molecule has 0 saturated heterocycles. The van der Waals surface area contributed by atoms with E-state index in [9.17, 15) is 27.9 Å². The summed E-state index contributed by atoms with van der Waals surface area (Å²) < 4.78 is 34.9. The lowest BCUT2D eigenvalue weighted by atomic mass is 9.79. The van der Waals surface area contributed by atoms with Crippen LogP contribution in [-0.4, -0.2) is 67.6 Å². The van der Waals surface area contributed by atoms with Crippen LogP contribution in [0.4, 0.5) is 0 Å². The minimum Gasteiger partial charge on any atom is -0.479 e. The summed E-state index contributed by atoms with van der Waals surface area (Å²) in [6.45, 7) is 8.90. The number of hydrogen-bond donors (Lipinski definition) is 3. The molecule has 0 bridgehead atoms. The summed E-state index contributed by atoms with van der Waals surface area (Å²) in [6.07, 6.45) is -3.20. The quantitative estimate of drug-likeness (QED) is 0.226. The fraction of sp³-hybridized carbons (Fsp3) is 0.833. The Morgan fingerprint density at radius 3 is 2.10 bits per heavy atom. The molecule has 170 valence electrons. The van der Waals surface area contributed by atoms with E-state index in [-0.39, 0.29) is 31.9 Å². The highest BCUT2D eigenvalue weighted by Gasteiger charge is 2.43. The van der Waals surface area contributed by atoms with Crippen LogP contribution < -0.4 is 5.32 Å². The molecule has 1 amide bonds. The summed E-state index contributed by atoms with van der Waals surface area (Å²) in [5.74, 6) is -2.75. The molecule has 0 aromatic rings. The van der Waals surface area contributed by atoms with Crippen molar-refractivity contribution in [2.75, 3.05) is 18.9 Å². The van der Waals surface area contributed by atoms with Crippen molar-refractivity contribution >= 4 is 28.0 Å². The molecule has 0 aliphatic rings. The molecular weight excluding hydrogens is 406 g/mol. The molecule has 0 rings (SSSR count). The topological polar surface area (TPSA) is 156 Å². The van der Waals surface area contributed by atoms with Crippen LogP contribution in [0.15, 0.2) is 0 Å². The number of aliphatic carboxylic acids is 1. The maximum absolute atomic E-state index is 12.3. The molecule has 10 nitrogen and oxygen atoms in total. The molecule has 3 N–H and O–H groups in total. The van der Waals surface area contributed by atoms with Crippen LogP contribution in [0.25, 0.3) is 0 Å². The van der Waals surface area contributed by atoms with Crippen molar-refractivity contribution < 1.29 is 41.9 Å². The van der Waals surface area contributed by atoms with Crippen molar-refractivity contribution in [3.8, 4) is 0 Å². The number of amides is 1. The minimum absolute atomic E-state index is 0.0928. The summed E-state index contributed by atoms with van der Waals surface area (Å²) in [7, 11) is -4.10. The van der Waals surface area contributed by atoms with Gasteiger partial charge in [0.25, 0.3) is 10.1 Å². The Bertz CT molecular complexity index is 680. The highest BCUT2D eigenvalue weighted by molar-refractivity contribution is 7.86. The number of nitrogens with one attached hydrogen (secondary N) is 1. The molecule has 0 aliphatic heterocycles. The zero-order valence-electron chi connectivity index (χ0n) is 17.9. The number of carboxylic acid groups (broad SMARTS) is 1. The molecule has 2 atom stereocenters. The minimum atomic E-state index is -4.10. The van der Waals surface area contributed by atoms with Crippen LogP contribution in [-0.2, 0) is 33.4 Å². The van der Waals surface area contributed by atoms with Crippen molar-refractivity contribution in [1.29, 1.82) is 0 Å². The van der Waals surface area contributed by atoms with Gasteiger partial charge in [0.05, 0.1) is 23.9 Å². The van der Waals surface area contributed by atoms with Gasteiger partial charge in [-0.2, -0.15) is 8.42 Å². The molecule has 0 radical (unpaired) electrons. The van der Waals surface area contributed by atoms with Crippen LogP contribution in [0.1, 0.15) is 54.4 Å². The molecule has 0 spiro atoms. The van der Waals surface area contributed by atoms with Crippen molar-refractivity contribution in [3.05, 3.63) is 0 Å². The monoisotopic (exact) mass is 439 g/mol. The van der Waals surface area contributed by atoms with Crippen LogP contribution >= 0.6 is 0 Å². The lowest BCUT2D eigenvalue weighted by Gasteiger charge is -2.35. The van der Waals surface area contributed by atoms with Crippen molar-refractivity contribution in [3.63, 3.8) is 0 Å². The van der Waals surface area contributed by atoms with Crippen molar-refractivity contribution in [2.24, 2.45) is 10.8 Å². The third kappa shape index (κ3) is 10.0. The van der Waals surface area contributed by atoms with Gasteiger partial charge in [-0.25, -0.2) is 4.79 Å². The van der Waals surface area contributed by atoms with E-state index in [4.69, 9.17) is 14.0 Å². The molecule has 0 aliphatic carbocycles. The fourth-order valence-electron chi connectivity index (χ4n) is 2.25. The predicted molar refractivity (Wildman–Crippen MR) is 104 cm³/mol. The molecule has 0 saturated carbocycles. The normalized spacial score (nSPS) is 14.7. The maximum atomic E-state index is 12.3. The van der Waals surface area contributed by atoms with Crippen LogP contribution in [0.5, 0.6) is 0 Å². The van der Waals surface area contributed by atoms with Crippen LogP contribution in [0, 0.1) is 10.8 Å². The summed E-state index contributed by atoms with van der Waals surface area (Å²) in [5, 5.41) is 21.6. The van der Waals surface area contributed by atoms with E-state index in [1.54, 1.807) is 20.8 Å². The van der Waals surface area contributed by atoms with Gasteiger partial charge in [0.15, 0.2) is 6.10 Å². The van der Waals surface area contributed by atoms with Crippen LogP contribution in [0.3, 0.4) is 0 Å². The molecular formula is C18H33NO9S. The Balaban J connectivity index is 5.24. The van der Waals surface area contributed by atoms with Gasteiger partial charge in [-0.1, -0.05) is 13.8 Å². The van der Waals surface area contributed by atoms with Gasteiger partial charge in [0.2, 0.25) is 5.91 Å². The van der Waals surface area contributed by atoms with E-state index >= 15 is 0 Å². The van der Waals surface area contributed by atoms with E-state index in [1.807, 2.05) is 0 Å². The van der Waals surface area contributed by atoms with Gasteiger partial charge in [0, 0.05) is 25.3 Å². The zero-order chi connectivity index (χ0) is 23.0. The second-order valence-corrected chi connectivity index (χ2v) is 10.1. The molecule has 0 heterocycles. The first-order chi connectivity index (χ1) is 13.0. The first-order valence-corrected chi connectivity index (χ1v) is 10.8. The van der Waals surface area contributed by atoms with Gasteiger partial charge < -0.3 is 20.3 Å². The molecule has 1 unspecified atom stereocenters. The lowest BCUT2D eigenvalue weighted by Crippen LogP contribution is -2.47. The standard InChI is InChI=1S/C18H33NO9S/c1-12(20)19-9-7-11-29(25,26)28-13(18(5,6)14(21)15(22)23)8-10-27-16(24)17(2,3)4/h13-14,21H,7-11H2,1-6H3,(H,19,20)(H,22,23)/t13?,14-/m0/s1. The van der Waals surface area contributed by atoms with Gasteiger partial charge in [-0.3, -0.25) is 13.8 Å². The first-order valence-electron chi connectivity index (χ1n) is 9.24. The Morgan fingerprint density at radius 2 is 1.66 bits per heavy atom. The number of rotatable bonds is 12. The number of carboxylic acids is 1. The van der Waals surface area contributed by atoms with E-state index in [2.05, 4.69) is 5.32 Å². The highest BCUT2D eigenvalue weighted by Crippen LogP contribution is 2.32. The highest BCUT2D eigenvalue weighted by atomic mass is 32.2. The molecule has 29 heavy (non-hydrogen) atoms. The third-order valence-electron chi connectivity index (χ3n) is 4.20. The van der Waals surface area contributed by atoms with Gasteiger partial charge in [-0.05, 0) is 27.2 Å². The Labute approximate surface area is 172 Å². The summed E-state index contributed by atoms with van der Waals surface area (Å²) in [4.78, 5) is 34.0. The molecule has 0 aromatic heterocycles. The SMILES string of the molecule is CC(=O)NCCCS(=O)(=O)OC(CCOC(=O)C(C)(C)C)C(C)(C)[C@@H](O)C(=O)O. The number of esters is 1. The Hall–Kier alpha value is -1.72. The van der Waals surface area contributed by atoms with E-state index in [0.717, 1.165) is 0 Å². The molecule has 11 heteroatoms. The number of hydrogen-bond acceptors (Lipinski definition) is 8. The summed E-state index contributed by atoms with van der Waals surface area (Å²) in [6, 6.07) is 0. The van der Waals surface area contributed by atoms with E-state index in [0.29, 0.717) is 0 Å². The maximum Gasteiger partial charge on any atom is 0.333 e. The average molecular weight is 440 g/mol. The number of carbonyl (C=O) groups is 3. The van der Waals surface area contributed by atoms with E-state index in [1.165, 1.54) is 20.8 Å². The second kappa shape index (κ2) is 10.9. The molecule has 0 fully saturated rings. The van der Waals surface area contributed by atoms with Gasteiger partial charge in [0.1, 0.15) is 0 Å². The van der Waals surface area contributed by atoms with Crippen molar-refractivity contribution in [1.82, 2.24) is 5.32 Å². The number of carbonyl (C=O) groups excluding carboxylic acids is 2. The summed E-state index contributed by atoms with van der Waals surface area (Å²) >= 11 is 0. The number of aliphatic hydroxyl groups excluding tert-OH is 1. The van der Waals surface area contributed by atoms with Gasteiger partial charge >= 0.3 is 11.9 Å². The molecule has 0 aromatic carbocycles. The van der Waals surface area contributed by atoms with E-state index < -0.39 is 50.8 Å². The van der Waals surface area contributed by atoms with Crippen molar-refractivity contribution in [2.45, 2.75) is 66.6 Å². The largest absolute Gasteiger partial charge is 0.479 e. The second-order valence-electron chi connectivity index (χ2n) is 8.42. The Kier molecular flexibility index (Phi) is 10.2. The predicted octanol–water partition coefficient (Wildman–Crippen LogP) is 0.679. The number of ether oxygens (including phenoxy) is 1. The Morgan fingerprint density at radius 1 is 1.10 bits per heavy atom. The van der Waals surface area contributed by atoms with Crippen LogP contribution in [0.2, 0.25) is 0 Å². The smallest absolute Gasteiger partial charge is 0.333 e. The number of aliphatic hydroxyl groups is 1. The summed E-state index contributed by atoms with van der Waals surface area (Å²) in [5.41, 5.74) is -2.26. The lowest BCUT2D eigenvalue weighted by molar-refractivity contribution is -0.161. The van der Waals surface area contributed by atoms with Gasteiger partial charge in [-0.15, -0.1) is 0 Å². The third-order valence-corrected chi connectivity index (χ3v) is 5.52. The zero-order valence-corrected chi connectivity index (χ0v) is 18.7. The fourth-order valence-corrected chi connectivity index (χ4v) is 3.54. The first kappa shape index (κ1) is 27.3.